The van der Waals surface area contributed by atoms with Crippen LogP contribution in [0.3, 0.4) is 0 Å². The molecule has 1 aromatic carbocycles. The molecule has 2 amide bonds. The van der Waals surface area contributed by atoms with Gasteiger partial charge in [-0.15, -0.1) is 0 Å². The minimum Gasteiger partial charge on any atom is -0.480 e. The third kappa shape index (κ3) is 6.55. The van der Waals surface area contributed by atoms with Crippen molar-refractivity contribution in [3.63, 3.8) is 0 Å². The van der Waals surface area contributed by atoms with E-state index < -0.39 is 35.9 Å². The predicted molar refractivity (Wildman–Crippen MR) is 120 cm³/mol. The molecule has 1 heterocycles. The van der Waals surface area contributed by atoms with E-state index in [0.29, 0.717) is 6.42 Å². The van der Waals surface area contributed by atoms with Crippen LogP contribution in [0.4, 0.5) is 0 Å². The van der Waals surface area contributed by atoms with Crippen LogP contribution in [-0.2, 0) is 20.8 Å². The quantitative estimate of drug-likeness (QED) is 0.372. The average Bonchev–Trinajstić information content (AvgIpc) is 3.13. The largest absolute Gasteiger partial charge is 0.480 e. The van der Waals surface area contributed by atoms with Gasteiger partial charge < -0.3 is 26.5 Å². The van der Waals surface area contributed by atoms with Gasteiger partial charge >= 0.3 is 5.97 Å². The number of amides is 2. The molecule has 0 spiro atoms. The topological polar surface area (TPSA) is 137 Å². The van der Waals surface area contributed by atoms with E-state index in [4.69, 9.17) is 5.73 Å². The number of carboxylic acid groups (broad SMARTS) is 1. The maximum absolute atomic E-state index is 12.9. The number of hydrogen-bond donors (Lipinski definition) is 5. The van der Waals surface area contributed by atoms with E-state index >= 15 is 0 Å². The molecule has 0 aliphatic rings. The molecule has 4 atom stereocenters. The predicted octanol–water partition coefficient (Wildman–Crippen LogP) is 2.18. The first-order chi connectivity index (χ1) is 14.6. The summed E-state index contributed by atoms with van der Waals surface area (Å²) in [6.07, 6.45) is 3.00. The zero-order valence-electron chi connectivity index (χ0n) is 18.6. The van der Waals surface area contributed by atoms with E-state index in [-0.39, 0.29) is 18.3 Å². The third-order valence-electron chi connectivity index (χ3n) is 5.61. The number of para-hydroxylation sites is 1. The van der Waals surface area contributed by atoms with Crippen molar-refractivity contribution in [2.75, 3.05) is 0 Å². The second-order valence-electron chi connectivity index (χ2n) is 8.57. The van der Waals surface area contributed by atoms with Crippen LogP contribution in [0.1, 0.15) is 46.1 Å². The normalized spacial score (nSPS) is 15.3. The fourth-order valence-corrected chi connectivity index (χ4v) is 3.48. The Morgan fingerprint density at radius 3 is 2.32 bits per heavy atom. The number of carbonyl (C=O) groups is 3. The van der Waals surface area contributed by atoms with Crippen LogP contribution in [0, 0.1) is 11.8 Å². The summed E-state index contributed by atoms with van der Waals surface area (Å²) in [5, 5.41) is 15.9. The minimum absolute atomic E-state index is 0.0311. The molecule has 0 saturated heterocycles. The lowest BCUT2D eigenvalue weighted by atomic mass is 9.97. The van der Waals surface area contributed by atoms with E-state index in [0.717, 1.165) is 22.9 Å². The van der Waals surface area contributed by atoms with Gasteiger partial charge in [-0.1, -0.05) is 52.3 Å². The number of hydrogen-bond acceptors (Lipinski definition) is 4. The number of carbonyl (C=O) groups excluding carboxylic acids is 2. The molecule has 0 aliphatic heterocycles. The number of fused-ring (bicyclic) bond motifs is 1. The highest BCUT2D eigenvalue weighted by Crippen LogP contribution is 2.19. The first-order valence-electron chi connectivity index (χ1n) is 10.8. The van der Waals surface area contributed by atoms with Crippen LogP contribution in [0.5, 0.6) is 0 Å². The van der Waals surface area contributed by atoms with E-state index in [2.05, 4.69) is 15.6 Å². The SMILES string of the molecule is CCC(C)C(N)C(=O)NC(CC(C)C)C(=O)NC(Cc1c[nH]c2ccccc12)C(=O)O. The van der Waals surface area contributed by atoms with Crippen LogP contribution in [0.25, 0.3) is 10.9 Å². The molecule has 2 rings (SSSR count). The van der Waals surface area contributed by atoms with Crippen LogP contribution >= 0.6 is 0 Å². The molecule has 0 fully saturated rings. The van der Waals surface area contributed by atoms with Crippen molar-refractivity contribution in [1.29, 1.82) is 0 Å². The number of nitrogens with two attached hydrogens (primary N) is 1. The first kappa shape index (κ1) is 24.4. The van der Waals surface area contributed by atoms with E-state index in [1.165, 1.54) is 0 Å². The highest BCUT2D eigenvalue weighted by atomic mass is 16.4. The molecule has 1 aromatic heterocycles. The molecule has 8 heteroatoms. The van der Waals surface area contributed by atoms with Crippen molar-refractivity contribution in [1.82, 2.24) is 15.6 Å². The molecule has 6 N–H and O–H groups in total. The summed E-state index contributed by atoms with van der Waals surface area (Å²) in [6, 6.07) is 4.87. The molecule has 0 radical (unpaired) electrons. The minimum atomic E-state index is -1.13. The van der Waals surface area contributed by atoms with Crippen LogP contribution < -0.4 is 16.4 Å². The number of benzene rings is 1. The monoisotopic (exact) mass is 430 g/mol. The van der Waals surface area contributed by atoms with Gasteiger partial charge in [0.05, 0.1) is 6.04 Å². The van der Waals surface area contributed by atoms with Gasteiger partial charge in [0.25, 0.3) is 0 Å². The van der Waals surface area contributed by atoms with E-state index in [1.54, 1.807) is 6.20 Å². The van der Waals surface area contributed by atoms with Crippen molar-refractivity contribution in [2.45, 2.75) is 65.1 Å². The Bertz CT molecular complexity index is 908. The highest BCUT2D eigenvalue weighted by molar-refractivity contribution is 5.92. The molecule has 8 nitrogen and oxygen atoms in total. The Balaban J connectivity index is 2.14. The van der Waals surface area contributed by atoms with Crippen LogP contribution in [-0.4, -0.2) is 46.0 Å². The Kier molecular flexibility index (Phi) is 8.62. The maximum Gasteiger partial charge on any atom is 0.326 e. The number of aromatic nitrogens is 1. The van der Waals surface area contributed by atoms with Gasteiger partial charge in [0, 0.05) is 23.5 Å². The second-order valence-corrected chi connectivity index (χ2v) is 8.57. The molecule has 0 aliphatic carbocycles. The summed E-state index contributed by atoms with van der Waals surface area (Å²) in [6.45, 7) is 7.69. The molecule has 31 heavy (non-hydrogen) atoms. The molecule has 4 unspecified atom stereocenters. The number of carboxylic acids is 1. The summed E-state index contributed by atoms with van der Waals surface area (Å²) in [5.41, 5.74) is 7.70. The number of rotatable bonds is 11. The van der Waals surface area contributed by atoms with Crippen LogP contribution in [0.15, 0.2) is 30.5 Å². The first-order valence-corrected chi connectivity index (χ1v) is 10.8. The van der Waals surface area contributed by atoms with Gasteiger partial charge in [-0.05, 0) is 29.9 Å². The molecular formula is C23H34N4O4. The Morgan fingerprint density at radius 1 is 1.06 bits per heavy atom. The van der Waals surface area contributed by atoms with Crippen molar-refractivity contribution in [3.8, 4) is 0 Å². The third-order valence-corrected chi connectivity index (χ3v) is 5.61. The van der Waals surface area contributed by atoms with Crippen molar-refractivity contribution < 1.29 is 19.5 Å². The zero-order chi connectivity index (χ0) is 23.1. The summed E-state index contributed by atoms with van der Waals surface area (Å²) in [7, 11) is 0. The fraction of sp³-hybridized carbons (Fsp3) is 0.522. The number of aliphatic carboxylic acids is 1. The van der Waals surface area contributed by atoms with Crippen molar-refractivity contribution in [2.24, 2.45) is 17.6 Å². The molecule has 0 saturated carbocycles. The van der Waals surface area contributed by atoms with Crippen LogP contribution in [0.2, 0.25) is 0 Å². The smallest absolute Gasteiger partial charge is 0.326 e. The summed E-state index contributed by atoms with van der Waals surface area (Å²) >= 11 is 0. The number of aromatic amines is 1. The lowest BCUT2D eigenvalue weighted by Gasteiger charge is -2.25. The summed E-state index contributed by atoms with van der Waals surface area (Å²) < 4.78 is 0. The zero-order valence-corrected chi connectivity index (χ0v) is 18.6. The highest BCUT2D eigenvalue weighted by Gasteiger charge is 2.30. The maximum atomic E-state index is 12.9. The molecular weight excluding hydrogens is 396 g/mol. The van der Waals surface area contributed by atoms with Crippen molar-refractivity contribution in [3.05, 3.63) is 36.0 Å². The number of nitrogens with one attached hydrogen (secondary N) is 3. The molecule has 0 bridgehead atoms. The Morgan fingerprint density at radius 2 is 1.71 bits per heavy atom. The van der Waals surface area contributed by atoms with Gasteiger partial charge in [-0.3, -0.25) is 9.59 Å². The van der Waals surface area contributed by atoms with Crippen molar-refractivity contribution >= 4 is 28.7 Å². The molecule has 2 aromatic rings. The molecule has 170 valence electrons. The average molecular weight is 431 g/mol. The van der Waals surface area contributed by atoms with Gasteiger partial charge in [0.15, 0.2) is 0 Å². The van der Waals surface area contributed by atoms with Gasteiger partial charge in [-0.25, -0.2) is 4.79 Å². The van der Waals surface area contributed by atoms with Gasteiger partial charge in [0.1, 0.15) is 12.1 Å². The fourth-order valence-electron chi connectivity index (χ4n) is 3.48. The van der Waals surface area contributed by atoms with Gasteiger partial charge in [0.2, 0.25) is 11.8 Å². The lowest BCUT2D eigenvalue weighted by molar-refractivity contribution is -0.142. The number of H-pyrrole nitrogens is 1. The summed E-state index contributed by atoms with van der Waals surface area (Å²) in [4.78, 5) is 40.5. The standard InChI is InChI=1S/C23H34N4O4/c1-5-14(4)20(24)22(29)26-18(10-13(2)3)21(28)27-19(23(30)31)11-15-12-25-17-9-7-6-8-16(15)17/h6-9,12-14,18-20,25H,5,10-11,24H2,1-4H3,(H,26,29)(H,27,28)(H,30,31). The lowest BCUT2D eigenvalue weighted by Crippen LogP contribution is -2.56. The van der Waals surface area contributed by atoms with Gasteiger partial charge in [-0.2, -0.15) is 0 Å². The van der Waals surface area contributed by atoms with E-state index in [1.807, 2.05) is 52.0 Å². The summed E-state index contributed by atoms with van der Waals surface area (Å²) in [5.74, 6) is -1.97. The Labute approximate surface area is 183 Å². The second kappa shape index (κ2) is 10.9. The van der Waals surface area contributed by atoms with E-state index in [9.17, 15) is 19.5 Å². The Hall–Kier alpha value is -2.87.